The Morgan fingerprint density at radius 3 is 2.47 bits per heavy atom. The van der Waals surface area contributed by atoms with Gasteiger partial charge in [0, 0.05) is 22.4 Å². The third kappa shape index (κ3) is 8.98. The first kappa shape index (κ1) is 31.9. The van der Waals surface area contributed by atoms with Crippen LogP contribution in [0.3, 0.4) is 0 Å². The highest BCUT2D eigenvalue weighted by Crippen LogP contribution is 2.36. The van der Waals surface area contributed by atoms with Crippen LogP contribution in [0.5, 0.6) is 5.75 Å². The lowest BCUT2D eigenvalue weighted by molar-refractivity contribution is -0.194. The number of rotatable bonds is 13. The van der Waals surface area contributed by atoms with Gasteiger partial charge in [-0.2, -0.15) is 13.2 Å². The van der Waals surface area contributed by atoms with Crippen molar-refractivity contribution in [2.75, 3.05) is 44.1 Å². The van der Waals surface area contributed by atoms with Crippen LogP contribution in [0, 0.1) is 0 Å². The predicted molar refractivity (Wildman–Crippen MR) is 157 cm³/mol. The largest absolute Gasteiger partial charge is 0.492 e. The van der Waals surface area contributed by atoms with Crippen LogP contribution >= 0.6 is 11.8 Å². The number of nitrogens with zero attached hydrogens (tertiary/aromatic N) is 2. The minimum atomic E-state index is -4.57. The molecule has 3 aromatic rings. The van der Waals surface area contributed by atoms with Gasteiger partial charge in [0.05, 0.1) is 24.6 Å². The van der Waals surface area contributed by atoms with Crippen molar-refractivity contribution < 1.29 is 41.8 Å². The Kier molecular flexibility index (Phi) is 11.1. The number of hydrogen-bond acceptors (Lipinski definition) is 8. The van der Waals surface area contributed by atoms with E-state index < -0.39 is 24.9 Å². The van der Waals surface area contributed by atoms with Crippen LogP contribution in [0.25, 0.3) is 0 Å². The molecule has 12 heteroatoms. The lowest BCUT2D eigenvalue weighted by atomic mass is 10.0. The van der Waals surface area contributed by atoms with Gasteiger partial charge in [-0.1, -0.05) is 53.7 Å². The van der Waals surface area contributed by atoms with Gasteiger partial charge in [-0.25, -0.2) is 4.79 Å². The molecule has 0 saturated heterocycles. The summed E-state index contributed by atoms with van der Waals surface area (Å²) in [6.45, 7) is 0.554. The van der Waals surface area contributed by atoms with Crippen molar-refractivity contribution in [1.82, 2.24) is 0 Å². The minimum absolute atomic E-state index is 0.0259. The zero-order chi connectivity index (χ0) is 30.8. The second kappa shape index (κ2) is 14.9. The molecule has 0 aromatic heterocycles. The Balaban J connectivity index is 1.38. The first-order chi connectivity index (χ1) is 20.7. The predicted octanol–water partition coefficient (Wildman–Crippen LogP) is 5.66. The topological polar surface area (TPSA) is 86.7 Å². The van der Waals surface area contributed by atoms with Gasteiger partial charge in [-0.3, -0.25) is 4.79 Å². The third-order valence-electron chi connectivity index (χ3n) is 6.33. The van der Waals surface area contributed by atoms with E-state index in [0.717, 1.165) is 21.7 Å². The number of hydrogen-bond donors (Lipinski definition) is 0. The number of esters is 1. The summed E-state index contributed by atoms with van der Waals surface area (Å²) in [6.07, 6.45) is -6.04. The smallest absolute Gasteiger partial charge is 0.411 e. The number of alkyl halides is 3. The van der Waals surface area contributed by atoms with E-state index in [-0.39, 0.29) is 31.3 Å². The maximum Gasteiger partial charge on any atom is 0.411 e. The van der Waals surface area contributed by atoms with Crippen LogP contribution in [0.15, 0.2) is 82.8 Å². The molecule has 0 saturated carbocycles. The van der Waals surface area contributed by atoms with Crippen LogP contribution < -0.4 is 9.64 Å². The number of carbonyl (C=O) groups is 2. The fraction of sp³-hybridized carbons (Fsp3) is 0.323. The zero-order valence-corrected chi connectivity index (χ0v) is 24.5. The first-order valence-corrected chi connectivity index (χ1v) is 14.5. The summed E-state index contributed by atoms with van der Waals surface area (Å²) in [4.78, 5) is 32.6. The van der Waals surface area contributed by atoms with Gasteiger partial charge in [0.15, 0.2) is 6.10 Å². The summed E-state index contributed by atoms with van der Waals surface area (Å²) >= 11 is 1.46. The number of thioether (sulfide) groups is 1. The number of anilines is 1. The molecular weight excluding hydrogens is 585 g/mol. The maximum absolute atomic E-state index is 12.8. The van der Waals surface area contributed by atoms with E-state index in [2.05, 4.69) is 5.16 Å². The fourth-order valence-corrected chi connectivity index (χ4v) is 5.36. The third-order valence-corrected chi connectivity index (χ3v) is 7.36. The van der Waals surface area contributed by atoms with Crippen molar-refractivity contribution in [1.29, 1.82) is 0 Å². The summed E-state index contributed by atoms with van der Waals surface area (Å²) in [5.41, 5.74) is 3.80. The van der Waals surface area contributed by atoms with Crippen molar-refractivity contribution in [3.8, 4) is 5.75 Å². The van der Waals surface area contributed by atoms with Crippen molar-refractivity contribution in [2.24, 2.45) is 5.16 Å². The van der Waals surface area contributed by atoms with E-state index in [1.807, 2.05) is 48.5 Å². The Morgan fingerprint density at radius 2 is 1.79 bits per heavy atom. The molecule has 3 aromatic carbocycles. The van der Waals surface area contributed by atoms with Gasteiger partial charge in [-0.15, -0.1) is 11.8 Å². The van der Waals surface area contributed by atoms with Crippen molar-refractivity contribution in [2.45, 2.75) is 30.5 Å². The number of amides is 1. The van der Waals surface area contributed by atoms with Crippen LogP contribution in [0.2, 0.25) is 0 Å². The van der Waals surface area contributed by atoms with E-state index in [9.17, 15) is 22.8 Å². The molecule has 0 radical (unpaired) electrons. The van der Waals surface area contributed by atoms with Gasteiger partial charge in [0.2, 0.25) is 5.91 Å². The van der Waals surface area contributed by atoms with E-state index >= 15 is 0 Å². The standard InChI is InChI=1S/C31H31F3N2O6S/c1-3-40-30(38)26(42-20-31(32,33)34)17-21-9-12-24(13-10-21)41-16-15-36-25-14-11-23(18-27(25)43-19-28(36)37)29(35-39-2)22-7-5-4-6-8-22/h4-14,18,26H,3,15-17,19-20H2,1-2H3/b35-29+. The maximum atomic E-state index is 12.8. The molecule has 1 aliphatic rings. The molecule has 1 unspecified atom stereocenters. The fourth-order valence-electron chi connectivity index (χ4n) is 4.39. The Morgan fingerprint density at radius 1 is 1.05 bits per heavy atom. The van der Waals surface area contributed by atoms with E-state index in [4.69, 9.17) is 19.0 Å². The van der Waals surface area contributed by atoms with Gasteiger partial charge in [-0.05, 0) is 36.8 Å². The van der Waals surface area contributed by atoms with Gasteiger partial charge in [0.1, 0.15) is 31.8 Å². The van der Waals surface area contributed by atoms with Gasteiger partial charge < -0.3 is 23.9 Å². The summed E-state index contributed by atoms with van der Waals surface area (Å²) in [5.74, 6) is -0.107. The lowest BCUT2D eigenvalue weighted by Crippen LogP contribution is -2.38. The molecule has 228 valence electrons. The van der Waals surface area contributed by atoms with E-state index in [1.165, 1.54) is 18.9 Å². The molecule has 4 rings (SSSR count). The number of benzene rings is 3. The van der Waals surface area contributed by atoms with Crippen molar-refractivity contribution in [3.63, 3.8) is 0 Å². The summed E-state index contributed by atoms with van der Waals surface area (Å²) in [6, 6.07) is 22.0. The molecule has 0 N–H and O–H groups in total. The van der Waals surface area contributed by atoms with Crippen molar-refractivity contribution in [3.05, 3.63) is 89.5 Å². The van der Waals surface area contributed by atoms with Gasteiger partial charge >= 0.3 is 12.1 Å². The first-order valence-electron chi connectivity index (χ1n) is 13.5. The van der Waals surface area contributed by atoms with Crippen molar-refractivity contribution >= 4 is 35.0 Å². The number of oxime groups is 1. The summed E-state index contributed by atoms with van der Waals surface area (Å²) in [5, 5.41) is 4.22. The lowest BCUT2D eigenvalue weighted by Gasteiger charge is -2.29. The molecule has 43 heavy (non-hydrogen) atoms. The van der Waals surface area contributed by atoms with E-state index in [0.29, 0.717) is 23.6 Å². The molecule has 1 heterocycles. The molecule has 0 spiro atoms. The number of carbonyl (C=O) groups excluding carboxylic acids is 2. The molecule has 1 aliphatic heterocycles. The molecule has 1 atom stereocenters. The van der Waals surface area contributed by atoms with E-state index in [1.54, 1.807) is 36.1 Å². The van der Waals surface area contributed by atoms with Gasteiger partial charge in [0.25, 0.3) is 0 Å². The molecule has 0 aliphatic carbocycles. The average molecular weight is 617 g/mol. The number of ether oxygens (including phenoxy) is 3. The van der Waals surface area contributed by atoms with Crippen LogP contribution in [0.1, 0.15) is 23.6 Å². The monoisotopic (exact) mass is 616 g/mol. The quantitative estimate of drug-likeness (QED) is 0.139. The highest BCUT2D eigenvalue weighted by Gasteiger charge is 2.32. The Hall–Kier alpha value is -4.03. The highest BCUT2D eigenvalue weighted by molar-refractivity contribution is 8.00. The average Bonchev–Trinajstić information content (AvgIpc) is 2.99. The molecule has 1 amide bonds. The number of halogens is 3. The number of fused-ring (bicyclic) bond motifs is 1. The summed E-state index contributed by atoms with van der Waals surface area (Å²) in [7, 11) is 1.50. The Bertz CT molecular complexity index is 1420. The van der Waals surface area contributed by atoms with Crippen LogP contribution in [-0.2, 0) is 30.3 Å². The summed E-state index contributed by atoms with van der Waals surface area (Å²) < 4.78 is 53.4. The van der Waals surface area contributed by atoms with Crippen LogP contribution in [0.4, 0.5) is 18.9 Å². The normalized spacial score (nSPS) is 14.2. The second-order valence-corrected chi connectivity index (χ2v) is 10.4. The molecule has 8 nitrogen and oxygen atoms in total. The second-order valence-electron chi connectivity index (χ2n) is 9.37. The zero-order valence-electron chi connectivity index (χ0n) is 23.6. The molecule has 0 fully saturated rings. The SMILES string of the molecule is CCOC(=O)C(Cc1ccc(OCCN2C(=O)CSc3cc(/C(=N/OC)c4ccccc4)ccc32)cc1)OCC(F)(F)F. The highest BCUT2D eigenvalue weighted by atomic mass is 32.2. The molecule has 0 bridgehead atoms. The Labute approximate surface area is 251 Å². The van der Waals surface area contributed by atoms with Crippen LogP contribution in [-0.4, -0.2) is 69.1 Å². The minimum Gasteiger partial charge on any atom is -0.492 e. The molecular formula is C31H31F3N2O6S.